The standard InChI is InChI=1S/C42H79BN8O8/c1-8-9-10-11-12-17-23-46-24-20-35(53)49-31(18-13-15-21-44)39(56)51-36(28(3)52)40(57)47-27(2)37(54)50-32(19-14-16-22-45)38(55)48-29(4)43-58-34-26-30-25-33(41(30,5)6)42(34,7)59-43/h27-34,36,46,52H,8-26,44-45H2,1-7H3,(H,47,57)(H,48,55)(H,49,53)(H,50,54)(H,51,56)/t27-,28+,29-,30-,31-,32-,33-,34+,36-,42-/m0/s1. The number of nitrogens with two attached hydrogens (primary N) is 2. The highest BCUT2D eigenvalue weighted by Gasteiger charge is 2.68. The largest absolute Gasteiger partial charge is 0.481 e. The van der Waals surface area contributed by atoms with E-state index in [-0.39, 0.29) is 30.3 Å². The van der Waals surface area contributed by atoms with Crippen molar-refractivity contribution in [2.24, 2.45) is 28.7 Å². The van der Waals surface area contributed by atoms with Crippen LogP contribution in [0, 0.1) is 17.3 Å². The maximum absolute atomic E-state index is 13.7. The van der Waals surface area contributed by atoms with Crippen LogP contribution in [0.3, 0.4) is 0 Å². The van der Waals surface area contributed by atoms with Gasteiger partial charge in [-0.1, -0.05) is 52.9 Å². The Morgan fingerprint density at radius 3 is 1.95 bits per heavy atom. The highest BCUT2D eigenvalue weighted by molar-refractivity contribution is 6.47. The van der Waals surface area contributed by atoms with Crippen molar-refractivity contribution in [1.82, 2.24) is 31.9 Å². The molecule has 5 amide bonds. The molecule has 2 bridgehead atoms. The molecule has 3 saturated carbocycles. The van der Waals surface area contributed by atoms with Crippen molar-refractivity contribution in [2.45, 2.75) is 193 Å². The smallest absolute Gasteiger partial charge is 0.404 e. The van der Waals surface area contributed by atoms with Crippen molar-refractivity contribution < 1.29 is 38.4 Å². The first-order chi connectivity index (χ1) is 28.0. The maximum atomic E-state index is 13.7. The van der Waals surface area contributed by atoms with Crippen LogP contribution < -0.4 is 43.4 Å². The van der Waals surface area contributed by atoms with Gasteiger partial charge in [-0.25, -0.2) is 0 Å². The molecule has 16 nitrogen and oxygen atoms in total. The molecule has 0 aromatic rings. The fraction of sp³-hybridized carbons (Fsp3) is 0.881. The first kappa shape index (κ1) is 50.5. The number of unbranched alkanes of at least 4 members (excludes halogenated alkanes) is 7. The normalized spacial score (nSPS) is 24.6. The van der Waals surface area contributed by atoms with Crippen LogP contribution in [0.4, 0.5) is 0 Å². The van der Waals surface area contributed by atoms with Crippen LogP contribution in [0.5, 0.6) is 0 Å². The second kappa shape index (κ2) is 24.6. The Morgan fingerprint density at radius 1 is 0.729 bits per heavy atom. The van der Waals surface area contributed by atoms with Crippen LogP contribution in [0.2, 0.25) is 0 Å². The summed E-state index contributed by atoms with van der Waals surface area (Å²) in [5.41, 5.74) is 11.1. The average Bonchev–Trinajstić information content (AvgIpc) is 3.55. The van der Waals surface area contributed by atoms with Gasteiger partial charge in [0.15, 0.2) is 0 Å². The lowest BCUT2D eigenvalue weighted by Gasteiger charge is -2.64. The number of rotatable bonds is 29. The van der Waals surface area contributed by atoms with Gasteiger partial charge in [0.1, 0.15) is 24.2 Å². The second-order valence-corrected chi connectivity index (χ2v) is 18.1. The van der Waals surface area contributed by atoms with Crippen molar-refractivity contribution in [3.8, 4) is 0 Å². The lowest BCUT2D eigenvalue weighted by atomic mass is 9.43. The van der Waals surface area contributed by atoms with E-state index in [1.54, 1.807) is 0 Å². The molecule has 1 aliphatic heterocycles. The SMILES string of the molecule is CCCCCCCCNCCC(=O)N[C@@H](CCCCN)C(=O)N[C@H](C(=O)N[C@@H](C)C(=O)N[C@@H](CCCCN)C(=O)N[C@@H](C)B1O[C@@H]2C[C@@H]3C[C@@H](C3(C)C)[C@]2(C)O1)[C@@H](C)O. The molecule has 11 N–H and O–H groups in total. The molecule has 17 heteroatoms. The van der Waals surface area contributed by atoms with Crippen molar-refractivity contribution in [2.75, 3.05) is 26.2 Å². The number of hydrogen-bond donors (Lipinski definition) is 9. The predicted molar refractivity (Wildman–Crippen MR) is 229 cm³/mol. The molecule has 4 fully saturated rings. The molecule has 3 aliphatic carbocycles. The Morgan fingerprint density at radius 2 is 1.34 bits per heavy atom. The van der Waals surface area contributed by atoms with E-state index in [9.17, 15) is 29.1 Å². The first-order valence-corrected chi connectivity index (χ1v) is 22.6. The zero-order valence-electron chi connectivity index (χ0n) is 37.2. The van der Waals surface area contributed by atoms with E-state index in [4.69, 9.17) is 20.8 Å². The third-order valence-electron chi connectivity index (χ3n) is 13.0. The van der Waals surface area contributed by atoms with Gasteiger partial charge < -0.3 is 57.8 Å². The summed E-state index contributed by atoms with van der Waals surface area (Å²) in [4.78, 5) is 66.9. The highest BCUT2D eigenvalue weighted by Crippen LogP contribution is 2.65. The van der Waals surface area contributed by atoms with Crippen LogP contribution in [-0.2, 0) is 33.3 Å². The topological polar surface area (TPSA) is 248 Å². The summed E-state index contributed by atoms with van der Waals surface area (Å²) in [6.45, 7) is 15.6. The number of carbonyl (C=O) groups excluding carboxylic acids is 5. The Labute approximate surface area is 353 Å². The summed E-state index contributed by atoms with van der Waals surface area (Å²) in [5.74, 6) is -2.33. The van der Waals surface area contributed by atoms with Crippen LogP contribution in [0.15, 0.2) is 0 Å². The minimum Gasteiger partial charge on any atom is -0.404 e. The molecular weight excluding hydrogens is 755 g/mol. The molecule has 0 radical (unpaired) electrons. The van der Waals surface area contributed by atoms with Crippen molar-refractivity contribution >= 4 is 36.7 Å². The molecule has 4 rings (SSSR count). The van der Waals surface area contributed by atoms with Crippen molar-refractivity contribution in [3.05, 3.63) is 0 Å². The van der Waals surface area contributed by atoms with Crippen molar-refractivity contribution in [1.29, 1.82) is 0 Å². The summed E-state index contributed by atoms with van der Waals surface area (Å²) in [7, 11) is -0.638. The minimum atomic E-state index is -1.43. The quantitative estimate of drug-likeness (QED) is 0.0388. The summed E-state index contributed by atoms with van der Waals surface area (Å²) in [5, 5.41) is 27.5. The van der Waals surface area contributed by atoms with Gasteiger partial charge in [-0.05, 0) is 122 Å². The lowest BCUT2D eigenvalue weighted by Crippen LogP contribution is -2.65. The monoisotopic (exact) mass is 835 g/mol. The van der Waals surface area contributed by atoms with E-state index in [1.807, 2.05) is 6.92 Å². The molecule has 0 aromatic heterocycles. The maximum Gasteiger partial charge on any atom is 0.481 e. The van der Waals surface area contributed by atoms with E-state index in [0.29, 0.717) is 63.6 Å². The number of aliphatic hydroxyl groups is 1. The fourth-order valence-corrected chi connectivity index (χ4v) is 8.98. The number of amides is 5. The number of hydrogen-bond acceptors (Lipinski definition) is 11. The Bertz CT molecular complexity index is 1360. The predicted octanol–water partition coefficient (Wildman–Crippen LogP) is 1.70. The molecule has 0 unspecified atom stereocenters. The Kier molecular flexibility index (Phi) is 21.0. The summed E-state index contributed by atoms with van der Waals surface area (Å²) < 4.78 is 12.9. The summed E-state index contributed by atoms with van der Waals surface area (Å²) >= 11 is 0. The van der Waals surface area contributed by atoms with Gasteiger partial charge in [0, 0.05) is 13.0 Å². The fourth-order valence-electron chi connectivity index (χ4n) is 8.98. The van der Waals surface area contributed by atoms with Crippen LogP contribution >= 0.6 is 0 Å². The van der Waals surface area contributed by atoms with Gasteiger partial charge in [-0.2, -0.15) is 0 Å². The molecule has 59 heavy (non-hydrogen) atoms. The molecule has 338 valence electrons. The average molecular weight is 835 g/mol. The van der Waals surface area contributed by atoms with Crippen LogP contribution in [0.25, 0.3) is 0 Å². The van der Waals surface area contributed by atoms with Gasteiger partial charge in [0.25, 0.3) is 0 Å². The molecule has 1 heterocycles. The highest BCUT2D eigenvalue weighted by atomic mass is 16.7. The van der Waals surface area contributed by atoms with E-state index in [1.165, 1.54) is 39.5 Å². The molecule has 4 aliphatic rings. The van der Waals surface area contributed by atoms with Gasteiger partial charge in [0.05, 0.1) is 23.8 Å². The van der Waals surface area contributed by atoms with E-state index < -0.39 is 72.6 Å². The first-order valence-electron chi connectivity index (χ1n) is 22.6. The molecule has 0 spiro atoms. The summed E-state index contributed by atoms with van der Waals surface area (Å²) in [6.07, 6.45) is 10.9. The molecule has 10 atom stereocenters. The zero-order valence-corrected chi connectivity index (χ0v) is 37.2. The summed E-state index contributed by atoms with van der Waals surface area (Å²) in [6, 6.07) is -4.45. The van der Waals surface area contributed by atoms with Gasteiger partial charge in [0.2, 0.25) is 29.5 Å². The molecule has 1 saturated heterocycles. The van der Waals surface area contributed by atoms with Crippen LogP contribution in [0.1, 0.15) is 145 Å². The van der Waals surface area contributed by atoms with E-state index in [0.717, 1.165) is 32.2 Å². The minimum absolute atomic E-state index is 0.0453. The number of aliphatic hydroxyl groups excluding tert-OH is 1. The van der Waals surface area contributed by atoms with Gasteiger partial charge in [-0.3, -0.25) is 24.0 Å². The molecular formula is C42H79BN8O8. The Balaban J connectivity index is 1.54. The second-order valence-electron chi connectivity index (χ2n) is 18.1. The van der Waals surface area contributed by atoms with Crippen molar-refractivity contribution in [3.63, 3.8) is 0 Å². The van der Waals surface area contributed by atoms with E-state index in [2.05, 4.69) is 59.6 Å². The van der Waals surface area contributed by atoms with Gasteiger partial charge in [-0.15, -0.1) is 0 Å². The number of carbonyl (C=O) groups is 5. The Hall–Kier alpha value is -2.83. The third-order valence-corrected chi connectivity index (χ3v) is 13.0. The van der Waals surface area contributed by atoms with E-state index >= 15 is 0 Å². The molecule has 0 aromatic carbocycles. The van der Waals surface area contributed by atoms with Gasteiger partial charge >= 0.3 is 7.12 Å². The zero-order chi connectivity index (χ0) is 43.8. The lowest BCUT2D eigenvalue weighted by molar-refractivity contribution is -0.199. The number of nitrogens with one attached hydrogen (secondary N) is 6. The third kappa shape index (κ3) is 14.7. The van der Waals surface area contributed by atoms with Crippen LogP contribution in [-0.4, -0.2) is 116 Å².